The van der Waals surface area contributed by atoms with E-state index < -0.39 is 0 Å². The number of benzene rings is 2. The molecule has 1 heterocycles. The first kappa shape index (κ1) is 18.4. The van der Waals surface area contributed by atoms with Crippen molar-refractivity contribution in [1.29, 1.82) is 0 Å². The SMILES string of the molecule is Cc1ccccc1-n1nnnc1SCC(=O)N(C)Cc1ccc(Cl)cc1. The van der Waals surface area contributed by atoms with Crippen molar-refractivity contribution in [3.05, 3.63) is 64.7 Å². The molecule has 0 saturated heterocycles. The van der Waals surface area contributed by atoms with Gasteiger partial charge in [0.2, 0.25) is 11.1 Å². The summed E-state index contributed by atoms with van der Waals surface area (Å²) in [7, 11) is 1.78. The van der Waals surface area contributed by atoms with Crippen LogP contribution < -0.4 is 0 Å². The summed E-state index contributed by atoms with van der Waals surface area (Å²) in [6.45, 7) is 2.52. The maximum atomic E-state index is 12.4. The predicted octanol–water partition coefficient (Wildman–Crippen LogP) is 3.37. The summed E-state index contributed by atoms with van der Waals surface area (Å²) in [6, 6.07) is 15.3. The molecule has 6 nitrogen and oxygen atoms in total. The molecule has 0 N–H and O–H groups in total. The number of hydrogen-bond donors (Lipinski definition) is 0. The Morgan fingerprint density at radius 3 is 2.65 bits per heavy atom. The van der Waals surface area contributed by atoms with Crippen molar-refractivity contribution in [3.8, 4) is 5.69 Å². The molecule has 3 rings (SSSR count). The van der Waals surface area contributed by atoms with Crippen LogP contribution >= 0.6 is 23.4 Å². The van der Waals surface area contributed by atoms with Crippen molar-refractivity contribution in [2.75, 3.05) is 12.8 Å². The minimum absolute atomic E-state index is 0.00397. The fourth-order valence-electron chi connectivity index (χ4n) is 2.41. The molecule has 0 aliphatic heterocycles. The molecule has 2 aromatic carbocycles. The van der Waals surface area contributed by atoms with Gasteiger partial charge >= 0.3 is 0 Å². The number of carbonyl (C=O) groups is 1. The van der Waals surface area contributed by atoms with E-state index in [2.05, 4.69) is 15.5 Å². The quantitative estimate of drug-likeness (QED) is 0.607. The second-order valence-corrected chi connectivity index (χ2v) is 7.20. The smallest absolute Gasteiger partial charge is 0.233 e. The Labute approximate surface area is 161 Å². The normalized spacial score (nSPS) is 10.7. The minimum Gasteiger partial charge on any atom is -0.341 e. The van der Waals surface area contributed by atoms with Gasteiger partial charge in [-0.05, 0) is 46.7 Å². The Morgan fingerprint density at radius 2 is 1.92 bits per heavy atom. The van der Waals surface area contributed by atoms with Gasteiger partial charge in [-0.25, -0.2) is 0 Å². The Morgan fingerprint density at radius 1 is 1.19 bits per heavy atom. The fraction of sp³-hybridized carbons (Fsp3) is 0.222. The standard InChI is InChI=1S/C18H18ClN5OS/c1-13-5-3-4-6-16(13)24-18(20-21-22-24)26-12-17(25)23(2)11-14-7-9-15(19)10-8-14/h3-10H,11-12H2,1-2H3. The average molecular weight is 388 g/mol. The number of carbonyl (C=O) groups excluding carboxylic acids is 1. The Kier molecular flexibility index (Phi) is 5.90. The van der Waals surface area contributed by atoms with Crippen molar-refractivity contribution < 1.29 is 4.79 Å². The summed E-state index contributed by atoms with van der Waals surface area (Å²) < 4.78 is 1.66. The van der Waals surface area contributed by atoms with Crippen LogP contribution in [0.4, 0.5) is 0 Å². The molecule has 1 aromatic heterocycles. The van der Waals surface area contributed by atoms with Crippen molar-refractivity contribution in [1.82, 2.24) is 25.1 Å². The summed E-state index contributed by atoms with van der Waals surface area (Å²) in [4.78, 5) is 14.1. The molecular formula is C18H18ClN5OS. The van der Waals surface area contributed by atoms with Crippen LogP contribution in [0.25, 0.3) is 5.69 Å². The number of aromatic nitrogens is 4. The lowest BCUT2D eigenvalue weighted by Gasteiger charge is -2.17. The van der Waals surface area contributed by atoms with E-state index in [1.165, 1.54) is 11.8 Å². The first-order chi connectivity index (χ1) is 12.5. The molecule has 0 bridgehead atoms. The van der Waals surface area contributed by atoms with Crippen molar-refractivity contribution >= 4 is 29.3 Å². The zero-order valence-electron chi connectivity index (χ0n) is 14.5. The van der Waals surface area contributed by atoms with Crippen LogP contribution in [0.5, 0.6) is 0 Å². The summed E-state index contributed by atoms with van der Waals surface area (Å²) in [6.07, 6.45) is 0. The summed E-state index contributed by atoms with van der Waals surface area (Å²) in [5.41, 5.74) is 3.00. The van der Waals surface area contributed by atoms with Crippen LogP contribution in [0.1, 0.15) is 11.1 Å². The molecule has 0 fully saturated rings. The molecule has 0 aliphatic rings. The molecule has 0 unspecified atom stereocenters. The van der Waals surface area contributed by atoms with E-state index in [1.807, 2.05) is 55.5 Å². The number of aryl methyl sites for hydroxylation is 1. The zero-order chi connectivity index (χ0) is 18.5. The van der Waals surface area contributed by atoms with Crippen LogP contribution in [0, 0.1) is 6.92 Å². The van der Waals surface area contributed by atoms with E-state index in [4.69, 9.17) is 11.6 Å². The third-order valence-electron chi connectivity index (χ3n) is 3.87. The molecule has 0 aliphatic carbocycles. The van der Waals surface area contributed by atoms with Crippen LogP contribution in [-0.4, -0.2) is 43.8 Å². The largest absolute Gasteiger partial charge is 0.341 e. The average Bonchev–Trinajstić information content (AvgIpc) is 3.10. The first-order valence-electron chi connectivity index (χ1n) is 8.00. The molecular weight excluding hydrogens is 370 g/mol. The lowest BCUT2D eigenvalue weighted by atomic mass is 10.2. The highest BCUT2D eigenvalue weighted by Crippen LogP contribution is 2.21. The van der Waals surface area contributed by atoms with Gasteiger partial charge in [0.25, 0.3) is 0 Å². The maximum Gasteiger partial charge on any atom is 0.233 e. The number of amides is 1. The van der Waals surface area contributed by atoms with Crippen LogP contribution in [0.2, 0.25) is 5.02 Å². The van der Waals surface area contributed by atoms with E-state index in [0.717, 1.165) is 16.8 Å². The monoisotopic (exact) mass is 387 g/mol. The molecule has 0 radical (unpaired) electrons. The first-order valence-corrected chi connectivity index (χ1v) is 9.36. The van der Waals surface area contributed by atoms with E-state index in [0.29, 0.717) is 16.7 Å². The number of rotatable bonds is 6. The van der Waals surface area contributed by atoms with E-state index in [9.17, 15) is 4.79 Å². The number of nitrogens with zero attached hydrogens (tertiary/aromatic N) is 5. The lowest BCUT2D eigenvalue weighted by molar-refractivity contribution is -0.127. The maximum absolute atomic E-state index is 12.4. The van der Waals surface area contributed by atoms with Gasteiger partial charge in [-0.3, -0.25) is 4.79 Å². The van der Waals surface area contributed by atoms with Gasteiger partial charge in [-0.2, -0.15) is 4.68 Å². The van der Waals surface area contributed by atoms with E-state index >= 15 is 0 Å². The van der Waals surface area contributed by atoms with Crippen LogP contribution in [0.15, 0.2) is 53.7 Å². The number of tetrazole rings is 1. The van der Waals surface area contributed by atoms with Gasteiger partial charge in [0.05, 0.1) is 11.4 Å². The zero-order valence-corrected chi connectivity index (χ0v) is 16.0. The Bertz CT molecular complexity index is 897. The second-order valence-electron chi connectivity index (χ2n) is 5.82. The van der Waals surface area contributed by atoms with Gasteiger partial charge in [-0.1, -0.05) is 53.7 Å². The highest BCUT2D eigenvalue weighted by atomic mass is 35.5. The molecule has 0 saturated carbocycles. The lowest BCUT2D eigenvalue weighted by Crippen LogP contribution is -2.27. The number of hydrogen-bond acceptors (Lipinski definition) is 5. The molecule has 134 valence electrons. The molecule has 0 spiro atoms. The van der Waals surface area contributed by atoms with Gasteiger partial charge in [0.1, 0.15) is 0 Å². The molecule has 0 atom stereocenters. The Hall–Kier alpha value is -2.38. The van der Waals surface area contributed by atoms with E-state index in [1.54, 1.807) is 16.6 Å². The second kappa shape index (κ2) is 8.33. The molecule has 8 heteroatoms. The number of para-hydroxylation sites is 1. The minimum atomic E-state index is 0.00397. The van der Waals surface area contributed by atoms with Crippen molar-refractivity contribution in [2.45, 2.75) is 18.6 Å². The highest BCUT2D eigenvalue weighted by molar-refractivity contribution is 7.99. The summed E-state index contributed by atoms with van der Waals surface area (Å²) >= 11 is 7.21. The third kappa shape index (κ3) is 4.42. The summed E-state index contributed by atoms with van der Waals surface area (Å²) in [5.74, 6) is 0.264. The third-order valence-corrected chi connectivity index (χ3v) is 5.02. The summed E-state index contributed by atoms with van der Waals surface area (Å²) in [5, 5.41) is 13.1. The molecule has 26 heavy (non-hydrogen) atoms. The topological polar surface area (TPSA) is 63.9 Å². The molecule has 3 aromatic rings. The predicted molar refractivity (Wildman–Crippen MR) is 103 cm³/mol. The van der Waals surface area contributed by atoms with Crippen molar-refractivity contribution in [3.63, 3.8) is 0 Å². The molecule has 1 amide bonds. The van der Waals surface area contributed by atoms with Gasteiger partial charge in [0.15, 0.2) is 0 Å². The van der Waals surface area contributed by atoms with Crippen LogP contribution in [-0.2, 0) is 11.3 Å². The van der Waals surface area contributed by atoms with Gasteiger partial charge in [0, 0.05) is 18.6 Å². The fourth-order valence-corrected chi connectivity index (χ4v) is 3.36. The van der Waals surface area contributed by atoms with Crippen LogP contribution in [0.3, 0.4) is 0 Å². The Balaban J connectivity index is 1.62. The number of halogens is 1. The highest BCUT2D eigenvalue weighted by Gasteiger charge is 2.15. The van der Waals surface area contributed by atoms with Gasteiger partial charge in [-0.15, -0.1) is 5.10 Å². The van der Waals surface area contributed by atoms with Gasteiger partial charge < -0.3 is 4.90 Å². The van der Waals surface area contributed by atoms with Crippen molar-refractivity contribution in [2.24, 2.45) is 0 Å². The van der Waals surface area contributed by atoms with E-state index in [-0.39, 0.29) is 11.7 Å². The number of thioether (sulfide) groups is 1.